The number of benzene rings is 3. The number of rotatable bonds is 10. The molecule has 39 heavy (non-hydrogen) atoms. The molecule has 3 aromatic carbocycles. The Bertz CT molecular complexity index is 1400. The Hall–Kier alpha value is -4.31. The van der Waals surface area contributed by atoms with Crippen LogP contribution in [-0.2, 0) is 32.8 Å². The lowest BCUT2D eigenvalue weighted by atomic mass is 9.87. The molecular weight excluding hydrogens is 492 g/mol. The first-order valence-electron chi connectivity index (χ1n) is 13.4. The summed E-state index contributed by atoms with van der Waals surface area (Å²) in [5, 5.41) is 3.10. The van der Waals surface area contributed by atoms with Gasteiger partial charge < -0.3 is 19.5 Å². The van der Waals surface area contributed by atoms with Gasteiger partial charge in [-0.1, -0.05) is 48.5 Å². The van der Waals surface area contributed by atoms with Crippen LogP contribution in [0.1, 0.15) is 49.3 Å². The van der Waals surface area contributed by atoms with E-state index < -0.39 is 0 Å². The highest BCUT2D eigenvalue weighted by atomic mass is 16.5. The summed E-state index contributed by atoms with van der Waals surface area (Å²) in [6, 6.07) is 21.2. The molecule has 3 aromatic rings. The molecule has 5 rings (SSSR count). The molecule has 7 nitrogen and oxygen atoms in total. The Labute approximate surface area is 228 Å². The van der Waals surface area contributed by atoms with Crippen LogP contribution >= 0.6 is 0 Å². The molecular formula is C32H32N2O5. The number of amides is 1. The summed E-state index contributed by atoms with van der Waals surface area (Å²) in [6.07, 6.45) is 3.04. The second kappa shape index (κ2) is 11.6. The lowest BCUT2D eigenvalue weighted by Gasteiger charge is -2.27. The molecule has 1 spiro atoms. The molecule has 0 aromatic heterocycles. The van der Waals surface area contributed by atoms with E-state index in [2.05, 4.69) is 10.2 Å². The van der Waals surface area contributed by atoms with Crippen molar-refractivity contribution >= 4 is 23.3 Å². The largest absolute Gasteiger partial charge is 0.493 e. The summed E-state index contributed by atoms with van der Waals surface area (Å²) in [4.78, 5) is 28.7. The van der Waals surface area contributed by atoms with Crippen molar-refractivity contribution in [3.05, 3.63) is 94.8 Å². The molecule has 0 radical (unpaired) electrons. The summed E-state index contributed by atoms with van der Waals surface area (Å²) in [5.74, 6) is 1.05. The highest BCUT2D eigenvalue weighted by molar-refractivity contribution is 5.97. The molecule has 2 atom stereocenters. The van der Waals surface area contributed by atoms with Crippen molar-refractivity contribution in [2.45, 2.75) is 51.0 Å². The highest BCUT2D eigenvalue weighted by Crippen LogP contribution is 2.61. The number of aryl methyl sites for hydroxylation is 1. The van der Waals surface area contributed by atoms with Gasteiger partial charge in [0.1, 0.15) is 18.1 Å². The van der Waals surface area contributed by atoms with E-state index in [9.17, 15) is 9.59 Å². The Morgan fingerprint density at radius 2 is 1.97 bits per heavy atom. The SMILES string of the molecule is [C-]#[N+]c1ccc(CCCC(=O)OCC)c(NC(=O)[C@@H]2C[C@]23CCOc2cc(OCc4ccccc4)ccc23)c1. The fraction of sp³-hybridized carbons (Fsp3) is 0.344. The van der Waals surface area contributed by atoms with Crippen LogP contribution in [0.2, 0.25) is 0 Å². The Morgan fingerprint density at radius 3 is 2.77 bits per heavy atom. The number of carbonyl (C=O) groups is 2. The van der Waals surface area contributed by atoms with Crippen LogP contribution in [0.25, 0.3) is 4.85 Å². The maximum Gasteiger partial charge on any atom is 0.305 e. The Morgan fingerprint density at radius 1 is 1.13 bits per heavy atom. The third-order valence-electron chi connectivity index (χ3n) is 7.55. The van der Waals surface area contributed by atoms with Gasteiger partial charge in [0.05, 0.1) is 19.8 Å². The van der Waals surface area contributed by atoms with E-state index in [0.29, 0.717) is 50.5 Å². The van der Waals surface area contributed by atoms with Crippen molar-refractivity contribution in [2.24, 2.45) is 5.92 Å². The van der Waals surface area contributed by atoms with Gasteiger partial charge in [0, 0.05) is 35.1 Å². The zero-order valence-corrected chi connectivity index (χ0v) is 22.1. The van der Waals surface area contributed by atoms with Gasteiger partial charge in [0.25, 0.3) is 0 Å². The number of esters is 1. The first kappa shape index (κ1) is 26.3. The molecule has 1 saturated carbocycles. The Balaban J connectivity index is 1.26. The van der Waals surface area contributed by atoms with Crippen molar-refractivity contribution in [1.82, 2.24) is 0 Å². The second-order valence-electron chi connectivity index (χ2n) is 10.0. The van der Waals surface area contributed by atoms with Gasteiger partial charge in [0.2, 0.25) is 5.91 Å². The maximum atomic E-state index is 13.5. The lowest BCUT2D eigenvalue weighted by molar-refractivity contribution is -0.143. The van der Waals surface area contributed by atoms with Crippen LogP contribution in [0.3, 0.4) is 0 Å². The zero-order chi connectivity index (χ0) is 27.2. The van der Waals surface area contributed by atoms with E-state index in [-0.39, 0.29) is 23.2 Å². The second-order valence-corrected chi connectivity index (χ2v) is 10.0. The monoisotopic (exact) mass is 524 g/mol. The van der Waals surface area contributed by atoms with Crippen LogP contribution < -0.4 is 14.8 Å². The van der Waals surface area contributed by atoms with Crippen molar-refractivity contribution in [3.63, 3.8) is 0 Å². The normalized spacial score (nSPS) is 18.8. The standard InChI is InChI=1S/C32H32N2O5/c1-3-37-30(35)11-7-10-23-12-13-24(33-2)18-28(23)34-31(36)27-20-32(27)16-17-38-29-19-25(14-15-26(29)32)39-21-22-8-5-4-6-9-22/h4-6,8-9,12-15,18-19,27H,3,7,10-11,16-17,20-21H2,1H3,(H,34,36)/t27-,32-/m0/s1. The predicted molar refractivity (Wildman–Crippen MR) is 148 cm³/mol. The molecule has 0 saturated heterocycles. The first-order valence-corrected chi connectivity index (χ1v) is 13.4. The van der Waals surface area contributed by atoms with Gasteiger partial charge in [-0.2, -0.15) is 0 Å². The highest BCUT2D eigenvalue weighted by Gasteiger charge is 2.61. The number of hydrogen-bond acceptors (Lipinski definition) is 5. The average Bonchev–Trinajstić information content (AvgIpc) is 3.67. The van der Waals surface area contributed by atoms with Gasteiger partial charge >= 0.3 is 5.97 Å². The molecule has 7 heteroatoms. The van der Waals surface area contributed by atoms with Crippen LogP contribution in [0, 0.1) is 12.5 Å². The van der Waals surface area contributed by atoms with Crippen LogP contribution in [-0.4, -0.2) is 25.1 Å². The van der Waals surface area contributed by atoms with Crippen molar-refractivity contribution < 1.29 is 23.8 Å². The number of anilines is 1. The number of nitrogens with one attached hydrogen (secondary N) is 1. The summed E-state index contributed by atoms with van der Waals surface area (Å²) < 4.78 is 17.0. The summed E-state index contributed by atoms with van der Waals surface area (Å²) in [5.41, 5.74) is 3.89. The minimum Gasteiger partial charge on any atom is -0.493 e. The van der Waals surface area contributed by atoms with E-state index in [1.807, 2.05) is 54.6 Å². The van der Waals surface area contributed by atoms with Crippen molar-refractivity contribution in [2.75, 3.05) is 18.5 Å². The molecule has 0 unspecified atom stereocenters. The van der Waals surface area contributed by atoms with Crippen LogP contribution in [0.15, 0.2) is 66.7 Å². The van der Waals surface area contributed by atoms with Gasteiger partial charge in [-0.25, -0.2) is 4.85 Å². The molecule has 1 aliphatic carbocycles. The zero-order valence-electron chi connectivity index (χ0n) is 22.1. The predicted octanol–water partition coefficient (Wildman–Crippen LogP) is 6.38. The molecule has 2 aliphatic rings. The quantitative estimate of drug-likeness (QED) is 0.246. The number of hydrogen-bond donors (Lipinski definition) is 1. The Kier molecular flexibility index (Phi) is 7.83. The van der Waals surface area contributed by atoms with E-state index in [4.69, 9.17) is 20.8 Å². The molecule has 1 N–H and O–H groups in total. The summed E-state index contributed by atoms with van der Waals surface area (Å²) >= 11 is 0. The fourth-order valence-corrected chi connectivity index (χ4v) is 5.41. The maximum absolute atomic E-state index is 13.5. The van der Waals surface area contributed by atoms with Crippen LogP contribution in [0.5, 0.6) is 11.5 Å². The number of fused-ring (bicyclic) bond motifs is 2. The van der Waals surface area contributed by atoms with Crippen molar-refractivity contribution in [3.8, 4) is 11.5 Å². The van der Waals surface area contributed by atoms with Gasteiger partial charge in [0.15, 0.2) is 5.69 Å². The van der Waals surface area contributed by atoms with Crippen molar-refractivity contribution in [1.29, 1.82) is 0 Å². The van der Waals surface area contributed by atoms with Gasteiger partial charge in [-0.3, -0.25) is 9.59 Å². The number of carbonyl (C=O) groups excluding carboxylic acids is 2. The lowest BCUT2D eigenvalue weighted by Crippen LogP contribution is -2.27. The third-order valence-corrected chi connectivity index (χ3v) is 7.55. The average molecular weight is 525 g/mol. The molecule has 0 bridgehead atoms. The third kappa shape index (κ3) is 5.91. The van der Waals surface area contributed by atoms with Gasteiger partial charge in [-0.05, 0) is 55.9 Å². The van der Waals surface area contributed by atoms with E-state index >= 15 is 0 Å². The minimum atomic E-state index is -0.253. The van der Waals surface area contributed by atoms with E-state index in [1.54, 1.807) is 19.1 Å². The van der Waals surface area contributed by atoms with Crippen LogP contribution in [0.4, 0.5) is 11.4 Å². The smallest absolute Gasteiger partial charge is 0.305 e. The van der Waals surface area contributed by atoms with Gasteiger partial charge in [-0.15, -0.1) is 0 Å². The molecule has 1 amide bonds. The summed E-state index contributed by atoms with van der Waals surface area (Å²) in [6.45, 7) is 10.6. The summed E-state index contributed by atoms with van der Waals surface area (Å²) in [7, 11) is 0. The fourth-order valence-electron chi connectivity index (χ4n) is 5.41. The first-order chi connectivity index (χ1) is 19.0. The minimum absolute atomic E-state index is 0.0546. The molecule has 1 fully saturated rings. The topological polar surface area (TPSA) is 78.2 Å². The molecule has 1 aliphatic heterocycles. The number of ether oxygens (including phenoxy) is 3. The number of nitrogens with zero attached hydrogens (tertiary/aromatic N) is 1. The van der Waals surface area contributed by atoms with E-state index in [1.165, 1.54) is 0 Å². The molecule has 200 valence electrons. The molecule has 1 heterocycles. The van der Waals surface area contributed by atoms with E-state index in [0.717, 1.165) is 41.0 Å².